The lowest BCUT2D eigenvalue weighted by Gasteiger charge is -2.23. The van der Waals surface area contributed by atoms with Crippen molar-refractivity contribution < 1.29 is 28.1 Å². The quantitative estimate of drug-likeness (QED) is 0.250. The first-order valence-electron chi connectivity index (χ1n) is 9.51. The highest BCUT2D eigenvalue weighted by molar-refractivity contribution is 7.98. The SMILES string of the molecule is COc1ccc(CSc2ncnc3c2ncn3[C@@H]2O[C@@H]3C(NS(N)(=O)=O)[C@]3(O)[C@H]2O)cc1. The number of aliphatic hydroxyl groups is 2. The summed E-state index contributed by atoms with van der Waals surface area (Å²) in [5.74, 6) is 1.42. The molecule has 0 radical (unpaired) electrons. The molecule has 0 amide bonds. The van der Waals surface area contributed by atoms with Crippen molar-refractivity contribution in [1.82, 2.24) is 24.2 Å². The summed E-state index contributed by atoms with van der Waals surface area (Å²) in [4.78, 5) is 12.9. The molecular weight excluding hydrogens is 460 g/mol. The Morgan fingerprint density at radius 3 is 2.69 bits per heavy atom. The summed E-state index contributed by atoms with van der Waals surface area (Å²) >= 11 is 1.48. The molecular formula is C18H20N6O6S2. The molecule has 1 aromatic carbocycles. The number of methoxy groups -OCH3 is 1. The second-order valence-corrected chi connectivity index (χ2v) is 9.85. The topological polar surface area (TPSA) is 175 Å². The average Bonchev–Trinajstić information content (AvgIpc) is 3.06. The molecule has 5 rings (SSSR count). The Hall–Kier alpha value is -2.33. The van der Waals surface area contributed by atoms with Crippen molar-refractivity contribution in [1.29, 1.82) is 0 Å². The summed E-state index contributed by atoms with van der Waals surface area (Å²) in [6, 6.07) is 6.67. The highest BCUT2D eigenvalue weighted by Gasteiger charge is 2.77. The Kier molecular flexibility index (Phi) is 5.12. The van der Waals surface area contributed by atoms with Gasteiger partial charge in [-0.1, -0.05) is 23.9 Å². The minimum Gasteiger partial charge on any atom is -0.497 e. The summed E-state index contributed by atoms with van der Waals surface area (Å²) in [6.45, 7) is 0. The van der Waals surface area contributed by atoms with Gasteiger partial charge in [-0.15, -0.1) is 0 Å². The second-order valence-electron chi connectivity index (χ2n) is 7.56. The smallest absolute Gasteiger partial charge is 0.274 e. The van der Waals surface area contributed by atoms with E-state index in [1.54, 1.807) is 7.11 Å². The number of benzene rings is 1. The fraction of sp³-hybridized carbons (Fsp3) is 0.389. The van der Waals surface area contributed by atoms with Gasteiger partial charge in [0.1, 0.15) is 40.4 Å². The van der Waals surface area contributed by atoms with Gasteiger partial charge in [-0.25, -0.2) is 20.1 Å². The summed E-state index contributed by atoms with van der Waals surface area (Å²) in [5.41, 5.74) is 0.232. The van der Waals surface area contributed by atoms with Crippen LogP contribution in [0, 0.1) is 0 Å². The van der Waals surface area contributed by atoms with Gasteiger partial charge in [-0.05, 0) is 17.7 Å². The molecule has 3 heterocycles. The number of hydrogen-bond acceptors (Lipinski definition) is 10. The van der Waals surface area contributed by atoms with E-state index in [9.17, 15) is 18.6 Å². The molecule has 12 nitrogen and oxygen atoms in total. The van der Waals surface area contributed by atoms with Gasteiger partial charge in [0.15, 0.2) is 11.9 Å². The predicted octanol–water partition coefficient (Wildman–Crippen LogP) is -0.708. The number of nitrogens with one attached hydrogen (secondary N) is 1. The number of hydrogen-bond donors (Lipinski definition) is 4. The molecule has 0 spiro atoms. The monoisotopic (exact) mass is 480 g/mol. The molecule has 5 N–H and O–H groups in total. The van der Waals surface area contributed by atoms with Gasteiger partial charge in [-0.2, -0.15) is 13.1 Å². The lowest BCUT2D eigenvalue weighted by Crippen LogP contribution is -2.44. The Bertz CT molecular complexity index is 1270. The largest absolute Gasteiger partial charge is 0.497 e. The Balaban J connectivity index is 1.35. The van der Waals surface area contributed by atoms with Crippen molar-refractivity contribution in [3.05, 3.63) is 42.5 Å². The molecule has 2 fully saturated rings. The van der Waals surface area contributed by atoms with E-state index in [1.165, 1.54) is 29.0 Å². The molecule has 170 valence electrons. The van der Waals surface area contributed by atoms with E-state index < -0.39 is 40.3 Å². The molecule has 1 aliphatic carbocycles. The van der Waals surface area contributed by atoms with E-state index >= 15 is 0 Å². The zero-order chi connectivity index (χ0) is 22.7. The van der Waals surface area contributed by atoms with Crippen LogP contribution in [0.2, 0.25) is 0 Å². The maximum Gasteiger partial charge on any atom is 0.274 e. The van der Waals surface area contributed by atoms with Crippen LogP contribution in [0.1, 0.15) is 11.8 Å². The fourth-order valence-corrected chi connectivity index (χ4v) is 5.47. The summed E-state index contributed by atoms with van der Waals surface area (Å²) in [6.07, 6.45) is -0.527. The number of rotatable bonds is 7. The van der Waals surface area contributed by atoms with Gasteiger partial charge in [0.2, 0.25) is 0 Å². The molecule has 1 saturated carbocycles. The highest BCUT2D eigenvalue weighted by Crippen LogP contribution is 2.54. The van der Waals surface area contributed by atoms with Crippen LogP contribution in [0.5, 0.6) is 5.75 Å². The van der Waals surface area contributed by atoms with Gasteiger partial charge in [-0.3, -0.25) is 4.57 Å². The minimum atomic E-state index is -4.06. The first-order chi connectivity index (χ1) is 15.2. The molecule has 0 bridgehead atoms. The van der Waals surface area contributed by atoms with Gasteiger partial charge in [0, 0.05) is 5.75 Å². The van der Waals surface area contributed by atoms with Crippen LogP contribution < -0.4 is 14.6 Å². The van der Waals surface area contributed by atoms with Crippen molar-refractivity contribution in [3.8, 4) is 5.75 Å². The molecule has 1 aliphatic heterocycles. The zero-order valence-electron chi connectivity index (χ0n) is 16.7. The lowest BCUT2D eigenvalue weighted by atomic mass is 10.1. The number of nitrogens with zero attached hydrogens (tertiary/aromatic N) is 4. The number of fused-ring (bicyclic) bond motifs is 2. The summed E-state index contributed by atoms with van der Waals surface area (Å²) in [7, 11) is -2.45. The third-order valence-corrected chi connectivity index (χ3v) is 7.24. The fourth-order valence-electron chi connectivity index (χ4n) is 3.90. The van der Waals surface area contributed by atoms with Crippen LogP contribution >= 0.6 is 11.8 Å². The standard InChI is InChI=1S/C18H20N6O6S2/c1-29-10-4-2-9(3-5-10)6-31-16-11-15(20-7-21-16)24(8-22-11)17-13(25)18(26)12(14(18)30-17)23-32(19,27)28/h2-5,7-8,12-14,17,23,25-26H,6H2,1H3,(H2,19,27,28)/t12?,13-,14+,17+,18-/m0/s1. The summed E-state index contributed by atoms with van der Waals surface area (Å²) in [5, 5.41) is 26.9. The van der Waals surface area contributed by atoms with E-state index in [1.807, 2.05) is 24.3 Å². The van der Waals surface area contributed by atoms with E-state index in [2.05, 4.69) is 19.7 Å². The van der Waals surface area contributed by atoms with E-state index in [0.29, 0.717) is 21.9 Å². The third kappa shape index (κ3) is 3.53. The molecule has 5 atom stereocenters. The third-order valence-electron chi connectivity index (χ3n) is 5.60. The van der Waals surface area contributed by atoms with Crippen LogP contribution in [0.25, 0.3) is 11.2 Å². The van der Waals surface area contributed by atoms with Crippen molar-refractivity contribution in [2.45, 2.75) is 40.9 Å². The maximum atomic E-state index is 11.3. The normalized spacial score (nSPS) is 29.2. The second kappa shape index (κ2) is 7.62. The van der Waals surface area contributed by atoms with E-state index in [-0.39, 0.29) is 0 Å². The van der Waals surface area contributed by atoms with E-state index in [4.69, 9.17) is 14.6 Å². The number of nitrogens with two attached hydrogens (primary N) is 1. The van der Waals surface area contributed by atoms with Gasteiger partial charge in [0.25, 0.3) is 10.2 Å². The maximum absolute atomic E-state index is 11.3. The summed E-state index contributed by atoms with van der Waals surface area (Å²) < 4.78 is 37.0. The lowest BCUT2D eigenvalue weighted by molar-refractivity contribution is -0.0685. The van der Waals surface area contributed by atoms with E-state index in [0.717, 1.165) is 11.3 Å². The van der Waals surface area contributed by atoms with Crippen LogP contribution in [0.4, 0.5) is 0 Å². The van der Waals surface area contributed by atoms with Crippen molar-refractivity contribution in [2.75, 3.05) is 7.11 Å². The minimum absolute atomic E-state index is 0.419. The predicted molar refractivity (Wildman–Crippen MR) is 113 cm³/mol. The highest BCUT2D eigenvalue weighted by atomic mass is 32.2. The Labute approximate surface area is 187 Å². The number of imidazole rings is 1. The Morgan fingerprint density at radius 2 is 2.06 bits per heavy atom. The van der Waals surface area contributed by atoms with Gasteiger partial charge in [0.05, 0.1) is 19.5 Å². The van der Waals surface area contributed by atoms with Crippen LogP contribution in [0.3, 0.4) is 0 Å². The van der Waals surface area contributed by atoms with Crippen LogP contribution in [0.15, 0.2) is 41.9 Å². The number of ether oxygens (including phenoxy) is 2. The number of aromatic nitrogens is 4. The molecule has 14 heteroatoms. The molecule has 1 saturated heterocycles. The van der Waals surface area contributed by atoms with Gasteiger partial charge < -0.3 is 19.7 Å². The van der Waals surface area contributed by atoms with Crippen molar-refractivity contribution in [2.24, 2.45) is 5.14 Å². The first-order valence-corrected chi connectivity index (χ1v) is 12.0. The molecule has 32 heavy (non-hydrogen) atoms. The van der Waals surface area contributed by atoms with Crippen molar-refractivity contribution >= 4 is 33.1 Å². The Morgan fingerprint density at radius 1 is 1.31 bits per heavy atom. The molecule has 1 unspecified atom stereocenters. The molecule has 3 aromatic rings. The molecule has 2 aromatic heterocycles. The number of aliphatic hydroxyl groups excluding tert-OH is 1. The van der Waals surface area contributed by atoms with Crippen LogP contribution in [-0.4, -0.2) is 69.1 Å². The zero-order valence-corrected chi connectivity index (χ0v) is 18.3. The molecule has 2 aliphatic rings. The first kappa shape index (κ1) is 21.5. The van der Waals surface area contributed by atoms with Crippen molar-refractivity contribution in [3.63, 3.8) is 0 Å². The van der Waals surface area contributed by atoms with Gasteiger partial charge >= 0.3 is 0 Å². The average molecular weight is 481 g/mol. The van der Waals surface area contributed by atoms with Crippen LogP contribution in [-0.2, 0) is 20.7 Å². The number of thioether (sulfide) groups is 1.